The first-order valence-corrected chi connectivity index (χ1v) is 9.86. The zero-order valence-corrected chi connectivity index (χ0v) is 17.8. The lowest BCUT2D eigenvalue weighted by atomic mass is 10.0. The summed E-state index contributed by atoms with van der Waals surface area (Å²) in [4.78, 5) is 35.3. The van der Waals surface area contributed by atoms with Crippen LogP contribution in [-0.2, 0) is 16.1 Å². The quantitative estimate of drug-likeness (QED) is 0.321. The topological polar surface area (TPSA) is 137 Å². The van der Waals surface area contributed by atoms with Gasteiger partial charge in [0.2, 0.25) is 5.89 Å². The van der Waals surface area contributed by atoms with Crippen LogP contribution in [0.4, 0.5) is 5.69 Å². The molecule has 1 N–H and O–H groups in total. The second-order valence-electron chi connectivity index (χ2n) is 7.47. The van der Waals surface area contributed by atoms with Gasteiger partial charge in [-0.1, -0.05) is 31.5 Å². The summed E-state index contributed by atoms with van der Waals surface area (Å²) in [6, 6.07) is 11.8. The van der Waals surface area contributed by atoms with Crippen molar-refractivity contribution in [3.8, 4) is 11.5 Å². The highest BCUT2D eigenvalue weighted by Gasteiger charge is 2.27. The number of nitrogens with one attached hydrogen (secondary N) is 1. The fraction of sp³-hybridized carbons (Fsp3) is 0.273. The van der Waals surface area contributed by atoms with Gasteiger partial charge in [-0.05, 0) is 37.1 Å². The summed E-state index contributed by atoms with van der Waals surface area (Å²) < 4.78 is 10.7. The Hall–Kier alpha value is -4.08. The number of carbonyl (C=O) groups is 2. The van der Waals surface area contributed by atoms with Crippen molar-refractivity contribution in [2.45, 2.75) is 33.4 Å². The van der Waals surface area contributed by atoms with E-state index in [-0.39, 0.29) is 35.9 Å². The molecule has 3 rings (SSSR count). The highest BCUT2D eigenvalue weighted by atomic mass is 16.6. The number of aromatic nitrogens is 2. The maximum atomic E-state index is 12.6. The third-order valence-electron chi connectivity index (χ3n) is 4.65. The Morgan fingerprint density at radius 1 is 1.09 bits per heavy atom. The lowest BCUT2D eigenvalue weighted by Gasteiger charge is -2.20. The maximum absolute atomic E-state index is 12.6. The fourth-order valence-electron chi connectivity index (χ4n) is 2.80. The number of nitro groups is 1. The van der Waals surface area contributed by atoms with E-state index in [1.54, 1.807) is 26.0 Å². The Balaban J connectivity index is 1.61. The Bertz CT molecular complexity index is 1110. The van der Waals surface area contributed by atoms with Crippen molar-refractivity contribution < 1.29 is 23.7 Å². The van der Waals surface area contributed by atoms with E-state index in [0.717, 1.165) is 5.56 Å². The number of hydrogen-bond acceptors (Lipinski definition) is 8. The third-order valence-corrected chi connectivity index (χ3v) is 4.65. The average molecular weight is 438 g/mol. The number of nitrogens with zero attached hydrogens (tertiary/aromatic N) is 3. The Labute approximate surface area is 183 Å². The molecule has 10 heteroatoms. The van der Waals surface area contributed by atoms with Gasteiger partial charge >= 0.3 is 5.97 Å². The number of nitro benzene ring substituents is 1. The molecule has 0 fully saturated rings. The van der Waals surface area contributed by atoms with Crippen LogP contribution < -0.4 is 5.32 Å². The van der Waals surface area contributed by atoms with E-state index in [1.165, 1.54) is 24.3 Å². The van der Waals surface area contributed by atoms with Gasteiger partial charge in [-0.25, -0.2) is 4.79 Å². The van der Waals surface area contributed by atoms with Crippen LogP contribution in [0, 0.1) is 23.0 Å². The smallest absolute Gasteiger partial charge is 0.329 e. The molecule has 0 unspecified atom stereocenters. The van der Waals surface area contributed by atoms with Gasteiger partial charge in [0.05, 0.1) is 4.92 Å². The minimum atomic E-state index is -0.860. The molecule has 0 saturated carbocycles. The Kier molecular flexibility index (Phi) is 6.93. The number of esters is 1. The van der Waals surface area contributed by atoms with Crippen molar-refractivity contribution >= 4 is 17.6 Å². The lowest BCUT2D eigenvalue weighted by molar-refractivity contribution is -0.384. The first-order chi connectivity index (χ1) is 15.2. The van der Waals surface area contributed by atoms with Crippen molar-refractivity contribution in [1.82, 2.24) is 15.5 Å². The number of hydrogen-bond donors (Lipinski definition) is 1. The van der Waals surface area contributed by atoms with Gasteiger partial charge in [-0.3, -0.25) is 14.9 Å². The molecular weight excluding hydrogens is 416 g/mol. The van der Waals surface area contributed by atoms with Gasteiger partial charge in [0.15, 0.2) is 6.61 Å². The highest BCUT2D eigenvalue weighted by molar-refractivity contribution is 5.96. The molecule has 3 aromatic rings. The van der Waals surface area contributed by atoms with E-state index < -0.39 is 16.9 Å². The van der Waals surface area contributed by atoms with Gasteiger partial charge < -0.3 is 14.5 Å². The highest BCUT2D eigenvalue weighted by Crippen LogP contribution is 2.21. The van der Waals surface area contributed by atoms with Gasteiger partial charge in [0.25, 0.3) is 17.5 Å². The van der Waals surface area contributed by atoms with Crippen LogP contribution >= 0.6 is 0 Å². The molecule has 32 heavy (non-hydrogen) atoms. The summed E-state index contributed by atoms with van der Waals surface area (Å²) in [6.45, 7) is 5.23. The van der Waals surface area contributed by atoms with E-state index in [9.17, 15) is 19.7 Å². The minimum Gasteiger partial charge on any atom is -0.454 e. The Morgan fingerprint density at radius 2 is 1.75 bits per heavy atom. The van der Waals surface area contributed by atoms with Crippen molar-refractivity contribution in [3.05, 3.63) is 75.7 Å². The molecule has 0 aliphatic heterocycles. The molecule has 1 amide bonds. The minimum absolute atomic E-state index is 0.0547. The first kappa shape index (κ1) is 22.6. The van der Waals surface area contributed by atoms with Crippen LogP contribution in [0.5, 0.6) is 0 Å². The monoisotopic (exact) mass is 438 g/mol. The van der Waals surface area contributed by atoms with E-state index in [0.29, 0.717) is 11.1 Å². The first-order valence-electron chi connectivity index (χ1n) is 9.86. The lowest BCUT2D eigenvalue weighted by Crippen LogP contribution is -2.45. The van der Waals surface area contributed by atoms with E-state index >= 15 is 0 Å². The Morgan fingerprint density at radius 3 is 2.34 bits per heavy atom. The normalized spacial score (nSPS) is 11.8. The number of non-ortho nitro benzene ring substituents is 1. The predicted octanol–water partition coefficient (Wildman–Crippen LogP) is 3.45. The summed E-state index contributed by atoms with van der Waals surface area (Å²) in [5, 5.41) is 21.1. The SMILES string of the molecule is Cc1ccc(C(=O)N[C@H](C(=O)OCc2nnc(-c3ccc([N+](=O)[O-])cc3)o2)C(C)C)cc1. The van der Waals surface area contributed by atoms with Crippen molar-refractivity contribution in [3.63, 3.8) is 0 Å². The van der Waals surface area contributed by atoms with Crippen LogP contribution in [0.3, 0.4) is 0 Å². The molecule has 1 atom stereocenters. The molecule has 166 valence electrons. The molecule has 0 bridgehead atoms. The van der Waals surface area contributed by atoms with Crippen LogP contribution in [0.2, 0.25) is 0 Å². The molecule has 1 heterocycles. The van der Waals surface area contributed by atoms with E-state index in [2.05, 4.69) is 15.5 Å². The number of aryl methyl sites for hydroxylation is 1. The molecule has 0 aliphatic rings. The molecule has 2 aromatic carbocycles. The number of rotatable bonds is 8. The molecule has 10 nitrogen and oxygen atoms in total. The fourth-order valence-corrected chi connectivity index (χ4v) is 2.80. The van der Waals surface area contributed by atoms with Gasteiger partial charge in [-0.2, -0.15) is 0 Å². The van der Waals surface area contributed by atoms with Crippen molar-refractivity contribution in [2.24, 2.45) is 5.92 Å². The average Bonchev–Trinajstić information content (AvgIpc) is 3.25. The van der Waals surface area contributed by atoms with E-state index in [1.807, 2.05) is 19.1 Å². The summed E-state index contributed by atoms with van der Waals surface area (Å²) in [5.74, 6) is -1.03. The molecule has 0 aliphatic carbocycles. The standard InChI is InChI=1S/C22H22N4O6/c1-13(2)19(23-20(27)15-6-4-14(3)5-7-15)22(28)31-12-18-24-25-21(32-18)16-8-10-17(11-9-16)26(29)30/h4-11,13,19H,12H2,1-3H3,(H,23,27)/t19-/m0/s1. The second kappa shape index (κ2) is 9.82. The summed E-state index contributed by atoms with van der Waals surface area (Å²) in [5.41, 5.74) is 1.90. The zero-order chi connectivity index (χ0) is 23.3. The number of carbonyl (C=O) groups excluding carboxylic acids is 2. The van der Waals surface area contributed by atoms with Gasteiger partial charge in [0.1, 0.15) is 6.04 Å². The van der Waals surface area contributed by atoms with Crippen molar-refractivity contribution in [2.75, 3.05) is 0 Å². The number of ether oxygens (including phenoxy) is 1. The molecular formula is C22H22N4O6. The second-order valence-corrected chi connectivity index (χ2v) is 7.47. The van der Waals surface area contributed by atoms with Crippen LogP contribution in [-0.4, -0.2) is 33.0 Å². The van der Waals surface area contributed by atoms with Crippen LogP contribution in [0.25, 0.3) is 11.5 Å². The summed E-state index contributed by atoms with van der Waals surface area (Å²) in [6.07, 6.45) is 0. The van der Waals surface area contributed by atoms with Gasteiger partial charge in [-0.15, -0.1) is 10.2 Å². The number of benzene rings is 2. The third kappa shape index (κ3) is 5.54. The zero-order valence-electron chi connectivity index (χ0n) is 17.8. The van der Waals surface area contributed by atoms with Gasteiger partial charge in [0, 0.05) is 23.3 Å². The summed E-state index contributed by atoms with van der Waals surface area (Å²) >= 11 is 0. The molecule has 1 aromatic heterocycles. The van der Waals surface area contributed by atoms with Crippen molar-refractivity contribution in [1.29, 1.82) is 0 Å². The maximum Gasteiger partial charge on any atom is 0.329 e. The molecule has 0 radical (unpaired) electrons. The summed E-state index contributed by atoms with van der Waals surface area (Å²) in [7, 11) is 0. The van der Waals surface area contributed by atoms with Crippen LogP contribution in [0.15, 0.2) is 52.9 Å². The molecule has 0 spiro atoms. The predicted molar refractivity (Wildman–Crippen MR) is 113 cm³/mol. The molecule has 0 saturated heterocycles. The van der Waals surface area contributed by atoms with Crippen LogP contribution in [0.1, 0.15) is 35.7 Å². The number of amides is 1. The van der Waals surface area contributed by atoms with E-state index in [4.69, 9.17) is 9.15 Å². The largest absolute Gasteiger partial charge is 0.454 e.